The van der Waals surface area contributed by atoms with E-state index >= 15 is 0 Å². The van der Waals surface area contributed by atoms with Crippen molar-refractivity contribution in [2.45, 2.75) is 25.7 Å². The molecule has 1 aromatic carbocycles. The summed E-state index contributed by atoms with van der Waals surface area (Å²) in [5.74, 6) is 0.347. The van der Waals surface area contributed by atoms with E-state index in [0.717, 1.165) is 18.4 Å². The molecule has 0 heterocycles. The molecule has 1 heteroatoms. The molecule has 0 N–H and O–H groups in total. The van der Waals surface area contributed by atoms with Crippen molar-refractivity contribution in [3.8, 4) is 0 Å². The topological polar surface area (TPSA) is 17.1 Å². The first-order valence-electron chi connectivity index (χ1n) is 4.53. The highest BCUT2D eigenvalue weighted by molar-refractivity contribution is 6.01. The second-order valence-electron chi connectivity index (χ2n) is 3.65. The molecular weight excluding hydrogens is 148 g/mol. The van der Waals surface area contributed by atoms with Gasteiger partial charge in [0.1, 0.15) is 0 Å². The Kier molecular flexibility index (Phi) is 1.06. The standard InChI is InChI=1S/C11H10O/c12-11-6-5-9-8-3-1-7(8)2-4-10(9)11/h2,4H,1,3,5-6H2. The average Bonchev–Trinajstić information content (AvgIpc) is 2.33. The Hall–Kier alpha value is -1.11. The molecule has 0 atom stereocenters. The molecule has 1 nitrogen and oxygen atoms in total. The molecule has 2 aliphatic carbocycles. The third-order valence-electron chi connectivity index (χ3n) is 3.08. The summed E-state index contributed by atoms with van der Waals surface area (Å²) in [4.78, 5) is 11.4. The maximum absolute atomic E-state index is 11.4. The molecule has 0 aliphatic heterocycles. The van der Waals surface area contributed by atoms with E-state index in [1.807, 2.05) is 6.07 Å². The van der Waals surface area contributed by atoms with Gasteiger partial charge < -0.3 is 0 Å². The minimum atomic E-state index is 0.347. The van der Waals surface area contributed by atoms with E-state index in [-0.39, 0.29) is 0 Å². The number of Topliss-reactive ketones (excluding diaryl/α,β-unsaturated/α-hetero) is 1. The van der Waals surface area contributed by atoms with E-state index in [4.69, 9.17) is 0 Å². The third kappa shape index (κ3) is 0.619. The van der Waals surface area contributed by atoms with Crippen LogP contribution in [0, 0.1) is 0 Å². The van der Waals surface area contributed by atoms with Crippen LogP contribution in [0.2, 0.25) is 0 Å². The number of carbonyl (C=O) groups is 1. The molecule has 12 heavy (non-hydrogen) atoms. The fraction of sp³-hybridized carbons (Fsp3) is 0.364. The fourth-order valence-electron chi connectivity index (χ4n) is 2.29. The second-order valence-corrected chi connectivity index (χ2v) is 3.65. The van der Waals surface area contributed by atoms with Crippen molar-refractivity contribution in [3.63, 3.8) is 0 Å². The molecule has 0 radical (unpaired) electrons. The van der Waals surface area contributed by atoms with E-state index in [0.29, 0.717) is 5.78 Å². The highest BCUT2D eigenvalue weighted by Crippen LogP contribution is 2.33. The zero-order chi connectivity index (χ0) is 8.13. The Balaban J connectivity index is 2.30. The van der Waals surface area contributed by atoms with Crippen LogP contribution < -0.4 is 0 Å². The Morgan fingerprint density at radius 2 is 1.75 bits per heavy atom. The molecule has 2 aliphatic rings. The van der Waals surface area contributed by atoms with Gasteiger partial charge in [-0.2, -0.15) is 0 Å². The second kappa shape index (κ2) is 1.98. The van der Waals surface area contributed by atoms with Crippen molar-refractivity contribution >= 4 is 5.78 Å². The van der Waals surface area contributed by atoms with E-state index in [1.165, 1.54) is 29.5 Å². The summed E-state index contributed by atoms with van der Waals surface area (Å²) >= 11 is 0. The molecule has 3 rings (SSSR count). The van der Waals surface area contributed by atoms with Crippen LogP contribution >= 0.6 is 0 Å². The van der Waals surface area contributed by atoms with Crippen LogP contribution in [0.3, 0.4) is 0 Å². The summed E-state index contributed by atoms with van der Waals surface area (Å²) in [5.41, 5.74) is 5.33. The Labute approximate surface area is 71.4 Å². The minimum absolute atomic E-state index is 0.347. The van der Waals surface area contributed by atoms with Crippen LogP contribution in [-0.4, -0.2) is 5.78 Å². The van der Waals surface area contributed by atoms with Crippen LogP contribution in [0.4, 0.5) is 0 Å². The zero-order valence-corrected chi connectivity index (χ0v) is 6.89. The first-order chi connectivity index (χ1) is 5.86. The van der Waals surface area contributed by atoms with Crippen molar-refractivity contribution in [2.75, 3.05) is 0 Å². The smallest absolute Gasteiger partial charge is 0.163 e. The molecular formula is C11H10O. The van der Waals surface area contributed by atoms with Gasteiger partial charge in [-0.15, -0.1) is 0 Å². The molecule has 0 spiro atoms. The van der Waals surface area contributed by atoms with E-state index in [2.05, 4.69) is 6.07 Å². The highest BCUT2D eigenvalue weighted by atomic mass is 16.1. The minimum Gasteiger partial charge on any atom is -0.294 e. The summed E-state index contributed by atoms with van der Waals surface area (Å²) in [7, 11) is 0. The predicted octanol–water partition coefficient (Wildman–Crippen LogP) is 1.91. The lowest BCUT2D eigenvalue weighted by molar-refractivity contribution is 0.0994. The molecule has 0 unspecified atom stereocenters. The maximum atomic E-state index is 11.4. The Bertz CT molecular complexity index is 377. The van der Waals surface area contributed by atoms with Gasteiger partial charge in [-0.25, -0.2) is 0 Å². The maximum Gasteiger partial charge on any atom is 0.163 e. The van der Waals surface area contributed by atoms with Gasteiger partial charge in [0.25, 0.3) is 0 Å². The van der Waals surface area contributed by atoms with Crippen molar-refractivity contribution in [1.82, 2.24) is 0 Å². The van der Waals surface area contributed by atoms with Crippen LogP contribution in [0.1, 0.15) is 33.5 Å². The summed E-state index contributed by atoms with van der Waals surface area (Å²) in [5, 5.41) is 0. The average molecular weight is 158 g/mol. The van der Waals surface area contributed by atoms with Gasteiger partial charge in [-0.1, -0.05) is 12.1 Å². The van der Waals surface area contributed by atoms with Crippen molar-refractivity contribution < 1.29 is 4.79 Å². The van der Waals surface area contributed by atoms with Crippen molar-refractivity contribution in [2.24, 2.45) is 0 Å². The fourth-order valence-corrected chi connectivity index (χ4v) is 2.29. The Morgan fingerprint density at radius 1 is 0.917 bits per heavy atom. The number of carbonyl (C=O) groups excluding carboxylic acids is 1. The monoisotopic (exact) mass is 158 g/mol. The summed E-state index contributed by atoms with van der Waals surface area (Å²) < 4.78 is 0. The number of aryl methyl sites for hydroxylation is 1. The summed E-state index contributed by atoms with van der Waals surface area (Å²) in [6.07, 6.45) is 4.16. The number of ketones is 1. The van der Waals surface area contributed by atoms with Crippen molar-refractivity contribution in [3.05, 3.63) is 34.4 Å². The van der Waals surface area contributed by atoms with Gasteiger partial charge in [-0.05, 0) is 36.0 Å². The normalized spacial score (nSPS) is 18.5. The molecule has 1 aromatic rings. The zero-order valence-electron chi connectivity index (χ0n) is 6.89. The van der Waals surface area contributed by atoms with Gasteiger partial charge in [0.05, 0.1) is 0 Å². The van der Waals surface area contributed by atoms with E-state index in [9.17, 15) is 4.79 Å². The largest absolute Gasteiger partial charge is 0.294 e. The SMILES string of the molecule is O=C1CCc2c1ccc1c2CC1. The first kappa shape index (κ1) is 6.41. The van der Waals surface area contributed by atoms with Gasteiger partial charge in [0.2, 0.25) is 0 Å². The Morgan fingerprint density at radius 3 is 2.50 bits per heavy atom. The highest BCUT2D eigenvalue weighted by Gasteiger charge is 2.26. The number of benzene rings is 1. The number of fused-ring (bicyclic) bond motifs is 3. The van der Waals surface area contributed by atoms with Crippen LogP contribution in [0.15, 0.2) is 12.1 Å². The number of rotatable bonds is 0. The summed E-state index contributed by atoms with van der Waals surface area (Å²) in [6, 6.07) is 4.14. The lowest BCUT2D eigenvalue weighted by Gasteiger charge is -2.21. The third-order valence-corrected chi connectivity index (χ3v) is 3.08. The molecule has 0 saturated heterocycles. The molecule has 0 saturated carbocycles. The van der Waals surface area contributed by atoms with Crippen LogP contribution in [0.25, 0.3) is 0 Å². The quantitative estimate of drug-likeness (QED) is 0.563. The van der Waals surface area contributed by atoms with Crippen LogP contribution in [-0.2, 0) is 19.3 Å². The lowest BCUT2D eigenvalue weighted by Crippen LogP contribution is -2.11. The van der Waals surface area contributed by atoms with Gasteiger partial charge in [0, 0.05) is 12.0 Å². The van der Waals surface area contributed by atoms with Crippen LogP contribution in [0.5, 0.6) is 0 Å². The predicted molar refractivity (Wildman–Crippen MR) is 46.5 cm³/mol. The molecule has 0 bridgehead atoms. The summed E-state index contributed by atoms with van der Waals surface area (Å²) in [6.45, 7) is 0. The molecule has 0 amide bonds. The van der Waals surface area contributed by atoms with Gasteiger partial charge in [-0.3, -0.25) is 4.79 Å². The number of hydrogen-bond donors (Lipinski definition) is 0. The van der Waals surface area contributed by atoms with E-state index < -0.39 is 0 Å². The molecule has 0 aromatic heterocycles. The van der Waals surface area contributed by atoms with Gasteiger partial charge >= 0.3 is 0 Å². The van der Waals surface area contributed by atoms with E-state index in [1.54, 1.807) is 0 Å². The first-order valence-corrected chi connectivity index (χ1v) is 4.53. The molecule has 60 valence electrons. The molecule has 0 fully saturated rings. The van der Waals surface area contributed by atoms with Crippen molar-refractivity contribution in [1.29, 1.82) is 0 Å². The van der Waals surface area contributed by atoms with Gasteiger partial charge in [0.15, 0.2) is 5.78 Å². The lowest BCUT2D eigenvalue weighted by atomic mass is 9.83. The number of hydrogen-bond acceptors (Lipinski definition) is 1.